The summed E-state index contributed by atoms with van der Waals surface area (Å²) in [5.74, 6) is -0.489. The lowest BCUT2D eigenvalue weighted by Gasteiger charge is -2.36. The van der Waals surface area contributed by atoms with Gasteiger partial charge in [0, 0.05) is 11.1 Å². The summed E-state index contributed by atoms with van der Waals surface area (Å²) in [6, 6.07) is 11.2. The average Bonchev–Trinajstić information content (AvgIpc) is 2.55. The van der Waals surface area contributed by atoms with Crippen LogP contribution in [0.4, 0.5) is 0 Å². The van der Waals surface area contributed by atoms with Crippen LogP contribution < -0.4 is 5.43 Å². The number of rotatable bonds is 2. The molecule has 2 amide bonds. The average molecular weight is 352 g/mol. The van der Waals surface area contributed by atoms with Crippen LogP contribution in [0, 0.1) is 27.7 Å². The molecule has 0 aliphatic heterocycles. The molecule has 26 heavy (non-hydrogen) atoms. The van der Waals surface area contributed by atoms with E-state index < -0.39 is 5.54 Å². The zero-order valence-electron chi connectivity index (χ0n) is 16.7. The summed E-state index contributed by atoms with van der Waals surface area (Å²) in [7, 11) is 0. The highest BCUT2D eigenvalue weighted by Gasteiger charge is 2.30. The second-order valence-electron chi connectivity index (χ2n) is 7.75. The second-order valence-corrected chi connectivity index (χ2v) is 7.75. The van der Waals surface area contributed by atoms with E-state index in [1.165, 1.54) is 5.01 Å². The van der Waals surface area contributed by atoms with Crippen molar-refractivity contribution in [2.24, 2.45) is 0 Å². The van der Waals surface area contributed by atoms with Crippen LogP contribution >= 0.6 is 0 Å². The van der Waals surface area contributed by atoms with Gasteiger partial charge in [0.05, 0.1) is 5.54 Å². The monoisotopic (exact) mass is 352 g/mol. The predicted molar refractivity (Wildman–Crippen MR) is 105 cm³/mol. The third kappa shape index (κ3) is 3.96. The largest absolute Gasteiger partial charge is 0.273 e. The van der Waals surface area contributed by atoms with Gasteiger partial charge in [-0.3, -0.25) is 15.0 Å². The molecule has 0 aliphatic carbocycles. The van der Waals surface area contributed by atoms with E-state index in [4.69, 9.17) is 0 Å². The molecule has 0 spiro atoms. The topological polar surface area (TPSA) is 49.4 Å². The van der Waals surface area contributed by atoms with Crippen LogP contribution in [0.25, 0.3) is 0 Å². The molecule has 0 unspecified atom stereocenters. The minimum absolute atomic E-state index is 0.211. The summed E-state index contributed by atoms with van der Waals surface area (Å²) < 4.78 is 0. The van der Waals surface area contributed by atoms with Gasteiger partial charge in [0.1, 0.15) is 0 Å². The molecule has 0 saturated carbocycles. The van der Waals surface area contributed by atoms with Gasteiger partial charge in [-0.1, -0.05) is 24.3 Å². The van der Waals surface area contributed by atoms with E-state index in [1.807, 2.05) is 72.7 Å². The molecular formula is C22H28N2O2. The van der Waals surface area contributed by atoms with Crippen LogP contribution in [0.5, 0.6) is 0 Å². The lowest BCUT2D eigenvalue weighted by Crippen LogP contribution is -2.56. The number of hydrazine groups is 1. The van der Waals surface area contributed by atoms with Crippen LogP contribution in [-0.4, -0.2) is 22.4 Å². The van der Waals surface area contributed by atoms with E-state index in [1.54, 1.807) is 12.1 Å². The first-order valence-corrected chi connectivity index (χ1v) is 8.82. The molecule has 0 saturated heterocycles. The molecule has 2 aromatic rings. The third-order valence-electron chi connectivity index (χ3n) is 4.77. The van der Waals surface area contributed by atoms with Crippen molar-refractivity contribution in [3.8, 4) is 0 Å². The highest BCUT2D eigenvalue weighted by molar-refractivity contribution is 6.01. The molecule has 2 rings (SSSR count). The molecule has 0 fully saturated rings. The van der Waals surface area contributed by atoms with E-state index in [0.29, 0.717) is 11.1 Å². The molecule has 4 heteroatoms. The summed E-state index contributed by atoms with van der Waals surface area (Å²) in [5.41, 5.74) is 7.37. The Hall–Kier alpha value is -2.62. The number of hydrogen-bond acceptors (Lipinski definition) is 2. The second kappa shape index (κ2) is 7.32. The van der Waals surface area contributed by atoms with Crippen LogP contribution in [0.1, 0.15) is 63.7 Å². The number of aryl methyl sites for hydroxylation is 2. The summed E-state index contributed by atoms with van der Waals surface area (Å²) in [6.07, 6.45) is 0. The van der Waals surface area contributed by atoms with Crippen molar-refractivity contribution < 1.29 is 9.59 Å². The van der Waals surface area contributed by atoms with Gasteiger partial charge in [-0.15, -0.1) is 0 Å². The number of carbonyl (C=O) groups excluding carboxylic acids is 2. The molecular weight excluding hydrogens is 324 g/mol. The number of hydrogen-bond donors (Lipinski definition) is 1. The fourth-order valence-corrected chi connectivity index (χ4v) is 2.79. The van der Waals surface area contributed by atoms with E-state index in [2.05, 4.69) is 5.43 Å². The molecule has 0 radical (unpaired) electrons. The number of benzene rings is 2. The Morgan fingerprint density at radius 1 is 0.808 bits per heavy atom. The summed E-state index contributed by atoms with van der Waals surface area (Å²) >= 11 is 0. The van der Waals surface area contributed by atoms with Gasteiger partial charge in [-0.2, -0.15) is 0 Å². The first kappa shape index (κ1) is 19.7. The van der Waals surface area contributed by atoms with Crippen molar-refractivity contribution in [2.75, 3.05) is 0 Å². The number of nitrogens with one attached hydrogen (secondary N) is 1. The summed E-state index contributed by atoms with van der Waals surface area (Å²) in [4.78, 5) is 26.1. The van der Waals surface area contributed by atoms with Crippen LogP contribution in [0.15, 0.2) is 36.4 Å². The van der Waals surface area contributed by atoms with Crippen LogP contribution in [0.2, 0.25) is 0 Å². The molecule has 0 aliphatic rings. The smallest absolute Gasteiger partial charge is 0.267 e. The minimum atomic E-state index is -0.569. The van der Waals surface area contributed by atoms with Gasteiger partial charge in [0.15, 0.2) is 0 Å². The van der Waals surface area contributed by atoms with Gasteiger partial charge in [0.2, 0.25) is 0 Å². The van der Waals surface area contributed by atoms with Gasteiger partial charge >= 0.3 is 0 Å². The van der Waals surface area contributed by atoms with E-state index in [0.717, 1.165) is 22.3 Å². The van der Waals surface area contributed by atoms with Gasteiger partial charge in [0.25, 0.3) is 11.8 Å². The van der Waals surface area contributed by atoms with Gasteiger partial charge in [-0.05, 0) is 82.9 Å². The number of amides is 2. The number of carbonyl (C=O) groups is 2. The first-order valence-electron chi connectivity index (χ1n) is 8.82. The molecule has 4 nitrogen and oxygen atoms in total. The maximum absolute atomic E-state index is 13.2. The zero-order chi connectivity index (χ0) is 19.6. The third-order valence-corrected chi connectivity index (χ3v) is 4.77. The van der Waals surface area contributed by atoms with Gasteiger partial charge < -0.3 is 0 Å². The lowest BCUT2D eigenvalue weighted by atomic mass is 10.00. The van der Waals surface area contributed by atoms with Gasteiger partial charge in [-0.25, -0.2) is 5.01 Å². The Labute approximate surface area is 156 Å². The van der Waals surface area contributed by atoms with E-state index >= 15 is 0 Å². The van der Waals surface area contributed by atoms with Crippen molar-refractivity contribution in [3.05, 3.63) is 69.8 Å². The van der Waals surface area contributed by atoms with Crippen LogP contribution in [0.3, 0.4) is 0 Å². The van der Waals surface area contributed by atoms with E-state index in [9.17, 15) is 9.59 Å². The summed E-state index contributed by atoms with van der Waals surface area (Å²) in [5, 5.41) is 1.43. The molecule has 0 aromatic heterocycles. The lowest BCUT2D eigenvalue weighted by molar-refractivity contribution is 0.0357. The Morgan fingerprint density at radius 3 is 1.77 bits per heavy atom. The normalized spacial score (nSPS) is 11.2. The van der Waals surface area contributed by atoms with Crippen LogP contribution in [-0.2, 0) is 0 Å². The molecule has 0 atom stereocenters. The summed E-state index contributed by atoms with van der Waals surface area (Å²) in [6.45, 7) is 13.5. The highest BCUT2D eigenvalue weighted by atomic mass is 16.2. The minimum Gasteiger partial charge on any atom is -0.267 e. The predicted octanol–water partition coefficient (Wildman–Crippen LogP) is 4.51. The van der Waals surface area contributed by atoms with Crippen molar-refractivity contribution in [1.29, 1.82) is 0 Å². The molecule has 1 N–H and O–H groups in total. The van der Waals surface area contributed by atoms with Crippen molar-refractivity contribution in [3.63, 3.8) is 0 Å². The first-order chi connectivity index (χ1) is 12.0. The molecule has 138 valence electrons. The Kier molecular flexibility index (Phi) is 5.55. The maximum Gasteiger partial charge on any atom is 0.273 e. The zero-order valence-corrected chi connectivity index (χ0v) is 16.7. The Morgan fingerprint density at radius 2 is 1.27 bits per heavy atom. The van der Waals surface area contributed by atoms with Crippen molar-refractivity contribution >= 4 is 11.8 Å². The number of nitrogens with zero attached hydrogens (tertiary/aromatic N) is 1. The SMILES string of the molecule is Cc1cccc(C(=O)NN(C(=O)c2cccc(C)c2C)C(C)(C)C)c1C. The molecule has 0 bridgehead atoms. The Bertz CT molecular complexity index is 848. The maximum atomic E-state index is 13.2. The fourth-order valence-electron chi connectivity index (χ4n) is 2.79. The fraction of sp³-hybridized carbons (Fsp3) is 0.364. The standard InChI is InChI=1S/C22H28N2O2/c1-14-10-8-12-18(16(14)3)20(25)23-24(22(5,6)7)21(26)19-13-9-11-15(2)17(19)4/h8-13H,1-7H3,(H,23,25). The van der Waals surface area contributed by atoms with E-state index in [-0.39, 0.29) is 11.8 Å². The molecule has 0 heterocycles. The van der Waals surface area contributed by atoms with Crippen molar-refractivity contribution in [2.45, 2.75) is 54.0 Å². The van der Waals surface area contributed by atoms with Crippen molar-refractivity contribution in [1.82, 2.24) is 10.4 Å². The highest BCUT2D eigenvalue weighted by Crippen LogP contribution is 2.20. The Balaban J connectivity index is 2.40. The quantitative estimate of drug-likeness (QED) is 0.809. The molecule has 2 aromatic carbocycles.